The third kappa shape index (κ3) is 3.00. The number of amides is 1. The van der Waals surface area contributed by atoms with Gasteiger partial charge in [-0.2, -0.15) is 0 Å². The van der Waals surface area contributed by atoms with Crippen molar-refractivity contribution in [1.82, 2.24) is 4.98 Å². The standard InChI is InChI=1S/C17H11ClN2O3/c18-11-4-5-15-13(7-11)14(17(22)23)8-16(20-15)10-2-1-3-12(6-10)19-9-21/h1-9H,(H,19,21)(H,22,23). The first kappa shape index (κ1) is 15.0. The van der Waals surface area contributed by atoms with Crippen LogP contribution in [0.3, 0.4) is 0 Å². The summed E-state index contributed by atoms with van der Waals surface area (Å²) in [6.45, 7) is 0. The van der Waals surface area contributed by atoms with Crippen LogP contribution in [0.25, 0.3) is 22.2 Å². The summed E-state index contributed by atoms with van der Waals surface area (Å²) in [5.41, 5.74) is 2.48. The summed E-state index contributed by atoms with van der Waals surface area (Å²) in [5.74, 6) is -1.05. The molecule has 0 fully saturated rings. The number of rotatable bonds is 4. The van der Waals surface area contributed by atoms with Crippen molar-refractivity contribution < 1.29 is 14.7 Å². The van der Waals surface area contributed by atoms with E-state index in [9.17, 15) is 14.7 Å². The van der Waals surface area contributed by atoms with Gasteiger partial charge in [0.2, 0.25) is 6.41 Å². The Morgan fingerprint density at radius 2 is 2.00 bits per heavy atom. The molecule has 1 amide bonds. The smallest absolute Gasteiger partial charge is 0.336 e. The summed E-state index contributed by atoms with van der Waals surface area (Å²) in [6.07, 6.45) is 0.581. The summed E-state index contributed by atoms with van der Waals surface area (Å²) in [6, 6.07) is 13.4. The lowest BCUT2D eigenvalue weighted by atomic mass is 10.0. The molecule has 3 rings (SSSR count). The molecule has 0 radical (unpaired) electrons. The first-order chi connectivity index (χ1) is 11.1. The number of carbonyl (C=O) groups is 2. The molecule has 114 valence electrons. The molecule has 0 saturated heterocycles. The Balaban J connectivity index is 2.22. The molecule has 2 aromatic carbocycles. The molecule has 1 aromatic heterocycles. The van der Waals surface area contributed by atoms with E-state index in [1.807, 2.05) is 0 Å². The van der Waals surface area contributed by atoms with Gasteiger partial charge in [0, 0.05) is 21.7 Å². The van der Waals surface area contributed by atoms with E-state index in [2.05, 4.69) is 10.3 Å². The van der Waals surface area contributed by atoms with Crippen molar-refractivity contribution in [2.45, 2.75) is 0 Å². The second-order valence-electron chi connectivity index (χ2n) is 4.86. The van der Waals surface area contributed by atoms with Gasteiger partial charge in [-0.1, -0.05) is 23.7 Å². The Kier molecular flexibility index (Phi) is 3.95. The highest BCUT2D eigenvalue weighted by Gasteiger charge is 2.13. The molecule has 0 aliphatic heterocycles. The van der Waals surface area contributed by atoms with Crippen molar-refractivity contribution in [3.63, 3.8) is 0 Å². The number of carboxylic acid groups (broad SMARTS) is 1. The van der Waals surface area contributed by atoms with E-state index < -0.39 is 5.97 Å². The zero-order valence-corrected chi connectivity index (χ0v) is 12.5. The van der Waals surface area contributed by atoms with E-state index in [0.29, 0.717) is 39.3 Å². The molecule has 0 spiro atoms. The average Bonchev–Trinajstić information content (AvgIpc) is 2.54. The molecular formula is C17H11ClN2O3. The van der Waals surface area contributed by atoms with Crippen molar-refractivity contribution in [1.29, 1.82) is 0 Å². The number of nitrogens with zero attached hydrogens (tertiary/aromatic N) is 1. The molecule has 0 aliphatic rings. The van der Waals surface area contributed by atoms with Crippen molar-refractivity contribution in [3.05, 3.63) is 59.1 Å². The molecule has 5 nitrogen and oxygen atoms in total. The molecule has 0 unspecified atom stereocenters. The Morgan fingerprint density at radius 1 is 1.17 bits per heavy atom. The van der Waals surface area contributed by atoms with E-state index in [0.717, 1.165) is 0 Å². The van der Waals surface area contributed by atoms with Gasteiger partial charge in [0.05, 0.1) is 16.8 Å². The quantitative estimate of drug-likeness (QED) is 0.714. The van der Waals surface area contributed by atoms with E-state index in [1.54, 1.807) is 42.5 Å². The summed E-state index contributed by atoms with van der Waals surface area (Å²) < 4.78 is 0. The van der Waals surface area contributed by atoms with Crippen LogP contribution in [0.5, 0.6) is 0 Å². The van der Waals surface area contributed by atoms with Gasteiger partial charge in [0.15, 0.2) is 0 Å². The van der Waals surface area contributed by atoms with Crippen molar-refractivity contribution in [3.8, 4) is 11.3 Å². The molecule has 1 heterocycles. The van der Waals surface area contributed by atoms with Gasteiger partial charge < -0.3 is 10.4 Å². The van der Waals surface area contributed by atoms with Crippen molar-refractivity contribution in [2.75, 3.05) is 5.32 Å². The lowest BCUT2D eigenvalue weighted by Gasteiger charge is -2.08. The van der Waals surface area contributed by atoms with Gasteiger partial charge in [0.25, 0.3) is 0 Å². The molecule has 2 N–H and O–H groups in total. The van der Waals surface area contributed by atoms with Crippen molar-refractivity contribution >= 4 is 40.6 Å². The lowest BCUT2D eigenvalue weighted by molar-refractivity contribution is -0.105. The highest BCUT2D eigenvalue weighted by molar-refractivity contribution is 6.31. The number of fused-ring (bicyclic) bond motifs is 1. The van der Waals surface area contributed by atoms with Gasteiger partial charge in [0.1, 0.15) is 0 Å². The van der Waals surface area contributed by atoms with E-state index in [-0.39, 0.29) is 5.56 Å². The number of aromatic carboxylic acids is 1. The molecular weight excluding hydrogens is 316 g/mol. The maximum Gasteiger partial charge on any atom is 0.336 e. The lowest BCUT2D eigenvalue weighted by Crippen LogP contribution is -2.00. The van der Waals surface area contributed by atoms with Crippen LogP contribution in [-0.4, -0.2) is 22.5 Å². The number of hydrogen-bond acceptors (Lipinski definition) is 3. The van der Waals surface area contributed by atoms with Gasteiger partial charge in [-0.15, -0.1) is 0 Å². The molecule has 0 saturated carbocycles. The Bertz CT molecular complexity index is 925. The maximum absolute atomic E-state index is 11.5. The highest BCUT2D eigenvalue weighted by atomic mass is 35.5. The van der Waals surface area contributed by atoms with E-state index in [1.165, 1.54) is 6.07 Å². The molecule has 0 aliphatic carbocycles. The number of nitrogens with one attached hydrogen (secondary N) is 1. The third-order valence-corrected chi connectivity index (χ3v) is 3.62. The minimum Gasteiger partial charge on any atom is -0.478 e. The van der Waals surface area contributed by atoms with Crippen LogP contribution in [-0.2, 0) is 4.79 Å². The van der Waals surface area contributed by atoms with Crippen LogP contribution in [0.2, 0.25) is 5.02 Å². The molecule has 3 aromatic rings. The largest absolute Gasteiger partial charge is 0.478 e. The summed E-state index contributed by atoms with van der Waals surface area (Å²) in [4.78, 5) is 26.6. The first-order valence-corrected chi connectivity index (χ1v) is 7.10. The van der Waals surface area contributed by atoms with Crippen LogP contribution in [0.1, 0.15) is 10.4 Å². The van der Waals surface area contributed by atoms with Crippen LogP contribution in [0.4, 0.5) is 5.69 Å². The van der Waals surface area contributed by atoms with Gasteiger partial charge in [-0.25, -0.2) is 9.78 Å². The SMILES string of the molecule is O=CNc1cccc(-c2cc(C(=O)O)c3cc(Cl)ccc3n2)c1. The predicted octanol–water partition coefficient (Wildman–Crippen LogP) is 3.82. The van der Waals surface area contributed by atoms with Crippen LogP contribution in [0, 0.1) is 0 Å². The Hall–Kier alpha value is -2.92. The van der Waals surface area contributed by atoms with Gasteiger partial charge >= 0.3 is 5.97 Å². The molecule has 0 bridgehead atoms. The number of carbonyl (C=O) groups excluding carboxylic acids is 1. The Morgan fingerprint density at radius 3 is 2.74 bits per heavy atom. The predicted molar refractivity (Wildman–Crippen MR) is 88.8 cm³/mol. The molecule has 23 heavy (non-hydrogen) atoms. The van der Waals surface area contributed by atoms with Gasteiger partial charge in [-0.05, 0) is 36.4 Å². The fourth-order valence-corrected chi connectivity index (χ4v) is 2.53. The zero-order chi connectivity index (χ0) is 16.4. The number of halogens is 1. The van der Waals surface area contributed by atoms with Crippen LogP contribution >= 0.6 is 11.6 Å². The van der Waals surface area contributed by atoms with Crippen molar-refractivity contribution in [2.24, 2.45) is 0 Å². The number of benzene rings is 2. The summed E-state index contributed by atoms with van der Waals surface area (Å²) in [7, 11) is 0. The number of hydrogen-bond donors (Lipinski definition) is 2. The monoisotopic (exact) mass is 326 g/mol. The fourth-order valence-electron chi connectivity index (χ4n) is 2.36. The maximum atomic E-state index is 11.5. The van der Waals surface area contributed by atoms with Crippen LogP contribution in [0.15, 0.2) is 48.5 Å². The minimum atomic E-state index is -1.05. The Labute approximate surface area is 136 Å². The summed E-state index contributed by atoms with van der Waals surface area (Å²) in [5, 5.41) is 12.9. The number of anilines is 1. The van der Waals surface area contributed by atoms with E-state index >= 15 is 0 Å². The number of pyridine rings is 1. The first-order valence-electron chi connectivity index (χ1n) is 6.73. The highest BCUT2D eigenvalue weighted by Crippen LogP contribution is 2.28. The normalized spacial score (nSPS) is 10.5. The van der Waals surface area contributed by atoms with Gasteiger partial charge in [-0.3, -0.25) is 4.79 Å². The van der Waals surface area contributed by atoms with Crippen LogP contribution < -0.4 is 5.32 Å². The van der Waals surface area contributed by atoms with E-state index in [4.69, 9.17) is 11.6 Å². The zero-order valence-electron chi connectivity index (χ0n) is 11.8. The minimum absolute atomic E-state index is 0.126. The second-order valence-corrected chi connectivity index (χ2v) is 5.30. The molecule has 6 heteroatoms. The fraction of sp³-hybridized carbons (Fsp3) is 0. The average molecular weight is 327 g/mol. The second kappa shape index (κ2) is 6.06. The molecule has 0 atom stereocenters. The number of carboxylic acids is 1. The topological polar surface area (TPSA) is 79.3 Å². The summed E-state index contributed by atoms with van der Waals surface area (Å²) >= 11 is 5.95. The third-order valence-electron chi connectivity index (χ3n) is 3.39. The number of aromatic nitrogens is 1.